The van der Waals surface area contributed by atoms with Gasteiger partial charge < -0.3 is 4.98 Å². The smallest absolute Gasteiger partial charge is 0.288 e. The molecule has 0 radical (unpaired) electrons. The van der Waals surface area contributed by atoms with Crippen molar-refractivity contribution in [2.24, 2.45) is 5.10 Å². The van der Waals surface area contributed by atoms with E-state index in [0.717, 1.165) is 22.0 Å². The summed E-state index contributed by atoms with van der Waals surface area (Å²) in [6.07, 6.45) is 0. The molecule has 130 valence electrons. The molecule has 0 aliphatic carbocycles. The summed E-state index contributed by atoms with van der Waals surface area (Å²) < 4.78 is 0. The molecule has 0 saturated heterocycles. The summed E-state index contributed by atoms with van der Waals surface area (Å²) in [5.74, 6) is -0.0617. The predicted molar refractivity (Wildman–Crippen MR) is 103 cm³/mol. The summed E-state index contributed by atoms with van der Waals surface area (Å²) in [5, 5.41) is 14.1. The van der Waals surface area contributed by atoms with E-state index in [1.54, 1.807) is 12.1 Å². The molecule has 2 N–H and O–H groups in total. The number of para-hydroxylation sites is 1. The number of nitriles is 1. The van der Waals surface area contributed by atoms with Crippen molar-refractivity contribution in [3.8, 4) is 6.07 Å². The Morgan fingerprint density at radius 3 is 2.50 bits per heavy atom. The number of carbonyl (C=O) groups excluding carboxylic acids is 1. The second-order valence-electron chi connectivity index (χ2n) is 6.44. The molecule has 1 heterocycles. The number of rotatable bonds is 4. The van der Waals surface area contributed by atoms with Gasteiger partial charge in [0.1, 0.15) is 5.69 Å². The standard InChI is InChI=1S/C21H20N4O/c1-13(2)19-17-6-4-5-7-18(17)23-20(19)21(26)25-24-14(3)16-10-8-15(12-22)9-11-16/h4-11,13,23H,1-3H3,(H,25,26)/b24-14+. The molecule has 3 aromatic rings. The lowest BCUT2D eigenvalue weighted by Gasteiger charge is -2.08. The van der Waals surface area contributed by atoms with Crippen LogP contribution < -0.4 is 5.43 Å². The Morgan fingerprint density at radius 1 is 1.15 bits per heavy atom. The summed E-state index contributed by atoms with van der Waals surface area (Å²) in [6.45, 7) is 5.95. The van der Waals surface area contributed by atoms with Crippen molar-refractivity contribution in [2.45, 2.75) is 26.7 Å². The van der Waals surface area contributed by atoms with Crippen molar-refractivity contribution in [3.63, 3.8) is 0 Å². The molecule has 1 aromatic heterocycles. The number of nitrogens with one attached hydrogen (secondary N) is 2. The van der Waals surface area contributed by atoms with Crippen molar-refractivity contribution in [1.29, 1.82) is 5.26 Å². The number of fused-ring (bicyclic) bond motifs is 1. The van der Waals surface area contributed by atoms with Gasteiger partial charge in [0.25, 0.3) is 5.91 Å². The highest BCUT2D eigenvalue weighted by atomic mass is 16.2. The lowest BCUT2D eigenvalue weighted by atomic mass is 9.99. The number of amides is 1. The van der Waals surface area contributed by atoms with Gasteiger partial charge in [0.2, 0.25) is 0 Å². The quantitative estimate of drug-likeness (QED) is 0.546. The fourth-order valence-electron chi connectivity index (χ4n) is 2.98. The molecule has 0 saturated carbocycles. The number of aromatic nitrogens is 1. The van der Waals surface area contributed by atoms with E-state index >= 15 is 0 Å². The van der Waals surface area contributed by atoms with E-state index in [1.807, 2.05) is 43.3 Å². The number of hydrogen-bond acceptors (Lipinski definition) is 3. The first-order chi connectivity index (χ1) is 12.5. The average Bonchev–Trinajstić information content (AvgIpc) is 3.05. The van der Waals surface area contributed by atoms with Crippen LogP contribution in [0.2, 0.25) is 0 Å². The van der Waals surface area contributed by atoms with Crippen molar-refractivity contribution in [3.05, 3.63) is 70.9 Å². The fraction of sp³-hybridized carbons (Fsp3) is 0.190. The minimum atomic E-state index is -0.266. The summed E-state index contributed by atoms with van der Waals surface area (Å²) in [7, 11) is 0. The summed E-state index contributed by atoms with van der Waals surface area (Å²) >= 11 is 0. The molecule has 0 aliphatic rings. The van der Waals surface area contributed by atoms with Crippen LogP contribution in [0.15, 0.2) is 53.6 Å². The van der Waals surface area contributed by atoms with Crippen molar-refractivity contribution < 1.29 is 4.79 Å². The topological polar surface area (TPSA) is 81.0 Å². The predicted octanol–water partition coefficient (Wildman–Crippen LogP) is 4.32. The Bertz CT molecular complexity index is 1020. The zero-order valence-electron chi connectivity index (χ0n) is 15.0. The molecule has 0 unspecified atom stereocenters. The minimum absolute atomic E-state index is 0.204. The highest BCUT2D eigenvalue weighted by molar-refractivity contribution is 6.03. The first-order valence-corrected chi connectivity index (χ1v) is 8.47. The van der Waals surface area contributed by atoms with Gasteiger partial charge >= 0.3 is 0 Å². The zero-order chi connectivity index (χ0) is 18.7. The normalized spacial score (nSPS) is 11.6. The number of H-pyrrole nitrogens is 1. The van der Waals surface area contributed by atoms with Gasteiger partial charge in [-0.1, -0.05) is 44.2 Å². The van der Waals surface area contributed by atoms with Crippen LogP contribution >= 0.6 is 0 Å². The van der Waals surface area contributed by atoms with Crippen molar-refractivity contribution in [1.82, 2.24) is 10.4 Å². The third-order valence-electron chi connectivity index (χ3n) is 4.31. The average molecular weight is 344 g/mol. The van der Waals surface area contributed by atoms with Crippen LogP contribution in [0, 0.1) is 11.3 Å². The van der Waals surface area contributed by atoms with Crippen LogP contribution in [0.4, 0.5) is 0 Å². The SMILES string of the molecule is C/C(=N\NC(=O)c1[nH]c2ccccc2c1C(C)C)c1ccc(C#N)cc1. The van der Waals surface area contributed by atoms with Gasteiger partial charge in [-0.2, -0.15) is 10.4 Å². The Hall–Kier alpha value is -3.39. The maximum Gasteiger partial charge on any atom is 0.288 e. The number of hydrazone groups is 1. The maximum absolute atomic E-state index is 12.7. The monoisotopic (exact) mass is 344 g/mol. The summed E-state index contributed by atoms with van der Waals surface area (Å²) in [6, 6.07) is 17.0. The second-order valence-corrected chi connectivity index (χ2v) is 6.44. The van der Waals surface area contributed by atoms with Crippen LogP contribution in [0.3, 0.4) is 0 Å². The molecule has 0 bridgehead atoms. The van der Waals surface area contributed by atoms with E-state index in [1.165, 1.54) is 0 Å². The molecule has 0 spiro atoms. The van der Waals surface area contributed by atoms with Gasteiger partial charge in [0, 0.05) is 10.9 Å². The molecule has 1 amide bonds. The van der Waals surface area contributed by atoms with Crippen LogP contribution in [0.1, 0.15) is 53.9 Å². The fourth-order valence-corrected chi connectivity index (χ4v) is 2.98. The number of carbonyl (C=O) groups is 1. The number of benzene rings is 2. The molecule has 0 fully saturated rings. The van der Waals surface area contributed by atoms with E-state index in [4.69, 9.17) is 5.26 Å². The van der Waals surface area contributed by atoms with E-state index in [0.29, 0.717) is 17.0 Å². The van der Waals surface area contributed by atoms with Crippen LogP contribution in [0.25, 0.3) is 10.9 Å². The third kappa shape index (κ3) is 3.35. The van der Waals surface area contributed by atoms with E-state index in [-0.39, 0.29) is 11.8 Å². The molecule has 5 heteroatoms. The third-order valence-corrected chi connectivity index (χ3v) is 4.31. The molecular weight excluding hydrogens is 324 g/mol. The highest BCUT2D eigenvalue weighted by Gasteiger charge is 2.19. The molecule has 0 atom stereocenters. The Morgan fingerprint density at radius 2 is 1.85 bits per heavy atom. The second kappa shape index (κ2) is 7.24. The molecular formula is C21H20N4O. The Labute approximate surface area is 152 Å². The maximum atomic E-state index is 12.7. The molecule has 2 aromatic carbocycles. The molecule has 3 rings (SSSR count). The molecule has 0 aliphatic heterocycles. The first-order valence-electron chi connectivity index (χ1n) is 8.47. The summed E-state index contributed by atoms with van der Waals surface area (Å²) in [5.41, 5.74) is 7.21. The highest BCUT2D eigenvalue weighted by Crippen LogP contribution is 2.29. The van der Waals surface area contributed by atoms with Crippen LogP contribution in [0.5, 0.6) is 0 Å². The minimum Gasteiger partial charge on any atom is -0.350 e. The van der Waals surface area contributed by atoms with Gasteiger partial charge in [-0.15, -0.1) is 0 Å². The van der Waals surface area contributed by atoms with Gasteiger partial charge in [-0.25, -0.2) is 5.43 Å². The van der Waals surface area contributed by atoms with E-state index in [9.17, 15) is 4.79 Å². The molecule has 26 heavy (non-hydrogen) atoms. The van der Waals surface area contributed by atoms with Crippen molar-refractivity contribution >= 4 is 22.5 Å². The summed E-state index contributed by atoms with van der Waals surface area (Å²) in [4.78, 5) is 15.9. The van der Waals surface area contributed by atoms with Crippen LogP contribution in [-0.4, -0.2) is 16.6 Å². The van der Waals surface area contributed by atoms with Gasteiger partial charge in [-0.05, 0) is 42.2 Å². The largest absolute Gasteiger partial charge is 0.350 e. The Kier molecular flexibility index (Phi) is 4.85. The van der Waals surface area contributed by atoms with E-state index < -0.39 is 0 Å². The van der Waals surface area contributed by atoms with Crippen molar-refractivity contribution in [2.75, 3.05) is 0 Å². The van der Waals surface area contributed by atoms with E-state index in [2.05, 4.69) is 35.4 Å². The Balaban J connectivity index is 1.87. The van der Waals surface area contributed by atoms with Gasteiger partial charge in [0.15, 0.2) is 0 Å². The first kappa shape index (κ1) is 17.4. The lowest BCUT2D eigenvalue weighted by Crippen LogP contribution is -2.21. The number of nitrogens with zero attached hydrogens (tertiary/aromatic N) is 2. The van der Waals surface area contributed by atoms with Gasteiger partial charge in [0.05, 0.1) is 17.3 Å². The molecule has 5 nitrogen and oxygen atoms in total. The number of aromatic amines is 1. The van der Waals surface area contributed by atoms with Gasteiger partial charge in [-0.3, -0.25) is 4.79 Å². The van der Waals surface area contributed by atoms with Crippen LogP contribution in [-0.2, 0) is 0 Å². The zero-order valence-corrected chi connectivity index (χ0v) is 15.0. The number of hydrogen-bond donors (Lipinski definition) is 2. The lowest BCUT2D eigenvalue weighted by molar-refractivity contribution is 0.0949.